The second kappa shape index (κ2) is 10.4. The predicted octanol–water partition coefficient (Wildman–Crippen LogP) is 2.37. The normalized spacial score (nSPS) is 16.6. The Labute approximate surface area is 177 Å². The summed E-state index contributed by atoms with van der Waals surface area (Å²) in [5.41, 5.74) is -0.789. The lowest BCUT2D eigenvalue weighted by molar-refractivity contribution is -0.149. The molecule has 8 heteroatoms. The highest BCUT2D eigenvalue weighted by atomic mass is 16.5. The number of nitrogens with zero attached hydrogens (tertiary/aromatic N) is 2. The zero-order valence-electron chi connectivity index (χ0n) is 18.6. The zero-order valence-corrected chi connectivity index (χ0v) is 18.6. The van der Waals surface area contributed by atoms with E-state index in [0.717, 1.165) is 12.8 Å². The van der Waals surface area contributed by atoms with Gasteiger partial charge in [-0.05, 0) is 46.0 Å². The third kappa shape index (κ3) is 5.49. The molecule has 2 amide bonds. The van der Waals surface area contributed by atoms with Gasteiger partial charge in [-0.1, -0.05) is 13.8 Å². The van der Waals surface area contributed by atoms with E-state index in [0.29, 0.717) is 19.5 Å². The number of piperidine rings is 1. The predicted molar refractivity (Wildman–Crippen MR) is 114 cm³/mol. The van der Waals surface area contributed by atoms with Crippen molar-refractivity contribution in [3.05, 3.63) is 33.7 Å². The summed E-state index contributed by atoms with van der Waals surface area (Å²) in [6, 6.07) is -0.771. The van der Waals surface area contributed by atoms with E-state index in [-0.39, 0.29) is 29.7 Å². The third-order valence-corrected chi connectivity index (χ3v) is 5.11. The van der Waals surface area contributed by atoms with Gasteiger partial charge in [0.25, 0.3) is 11.8 Å². The van der Waals surface area contributed by atoms with Gasteiger partial charge in [0.15, 0.2) is 0 Å². The lowest BCUT2D eigenvalue weighted by Gasteiger charge is -2.34. The Kier molecular flexibility index (Phi) is 8.20. The van der Waals surface area contributed by atoms with Crippen LogP contribution in [0.2, 0.25) is 0 Å². The van der Waals surface area contributed by atoms with E-state index >= 15 is 0 Å². The number of carbonyl (C=O) groups excluding carboxylic acids is 3. The van der Waals surface area contributed by atoms with Crippen LogP contribution in [-0.4, -0.2) is 53.0 Å². The molecule has 1 aromatic heterocycles. The van der Waals surface area contributed by atoms with E-state index in [1.807, 2.05) is 27.7 Å². The van der Waals surface area contributed by atoms with Gasteiger partial charge in [-0.25, -0.2) is 4.79 Å². The van der Waals surface area contributed by atoms with Crippen LogP contribution in [0.4, 0.5) is 0 Å². The highest BCUT2D eigenvalue weighted by Crippen LogP contribution is 2.21. The van der Waals surface area contributed by atoms with Crippen molar-refractivity contribution in [2.24, 2.45) is 5.92 Å². The first kappa shape index (κ1) is 23.6. The van der Waals surface area contributed by atoms with Crippen LogP contribution in [0.1, 0.15) is 80.6 Å². The summed E-state index contributed by atoms with van der Waals surface area (Å²) in [6.07, 6.45) is 5.01. The van der Waals surface area contributed by atoms with E-state index in [4.69, 9.17) is 4.74 Å². The van der Waals surface area contributed by atoms with Crippen LogP contribution in [-0.2, 0) is 9.53 Å². The van der Waals surface area contributed by atoms with Gasteiger partial charge < -0.3 is 19.5 Å². The monoisotopic (exact) mass is 419 g/mol. The van der Waals surface area contributed by atoms with E-state index in [9.17, 15) is 19.2 Å². The quantitative estimate of drug-likeness (QED) is 0.685. The van der Waals surface area contributed by atoms with Crippen molar-refractivity contribution in [2.75, 3.05) is 19.7 Å². The fraction of sp³-hybridized carbons (Fsp3) is 0.636. The van der Waals surface area contributed by atoms with Crippen molar-refractivity contribution in [1.29, 1.82) is 0 Å². The number of carbonyl (C=O) groups is 3. The van der Waals surface area contributed by atoms with Gasteiger partial charge in [0.2, 0.25) is 5.43 Å². The molecule has 8 nitrogen and oxygen atoms in total. The summed E-state index contributed by atoms with van der Waals surface area (Å²) in [6.45, 7) is 10.4. The summed E-state index contributed by atoms with van der Waals surface area (Å²) < 4.78 is 6.81. The molecule has 1 aliphatic heterocycles. The molecule has 1 atom stereocenters. The Morgan fingerprint density at radius 1 is 1.13 bits per heavy atom. The second-order valence-corrected chi connectivity index (χ2v) is 8.32. The number of hydrogen-bond donors (Lipinski definition) is 1. The standard InChI is InChI=1S/C22H33N3O5/c1-6-30-22(29)18-9-7-8-10-25(18)21(28)17-13-24(15(4)5)12-16(19(17)26)20(27)23-11-14(2)3/h12-15,18H,6-11H2,1-5H3,(H,23,27)/t18-/m0/s1. The topological polar surface area (TPSA) is 97.7 Å². The second-order valence-electron chi connectivity index (χ2n) is 8.32. The Morgan fingerprint density at radius 2 is 1.80 bits per heavy atom. The smallest absolute Gasteiger partial charge is 0.328 e. The Bertz CT molecular complexity index is 844. The molecule has 0 unspecified atom stereocenters. The van der Waals surface area contributed by atoms with Crippen LogP contribution in [0.25, 0.3) is 0 Å². The van der Waals surface area contributed by atoms with Gasteiger partial charge in [-0.3, -0.25) is 14.4 Å². The molecule has 1 saturated heterocycles. The number of esters is 1. The summed E-state index contributed by atoms with van der Waals surface area (Å²) in [5.74, 6) is -1.27. The molecule has 0 spiro atoms. The number of likely N-dealkylation sites (tertiary alicyclic amines) is 1. The van der Waals surface area contributed by atoms with Crippen molar-refractivity contribution in [3.8, 4) is 0 Å². The molecule has 1 N–H and O–H groups in total. The molecular formula is C22H33N3O5. The van der Waals surface area contributed by atoms with Crippen LogP contribution in [0.5, 0.6) is 0 Å². The molecule has 0 aliphatic carbocycles. The van der Waals surface area contributed by atoms with Crippen LogP contribution < -0.4 is 10.7 Å². The van der Waals surface area contributed by atoms with Crippen molar-refractivity contribution in [2.45, 2.75) is 66.0 Å². The minimum absolute atomic E-state index is 0.0593. The number of ether oxygens (including phenoxy) is 1. The van der Waals surface area contributed by atoms with Crippen molar-refractivity contribution in [1.82, 2.24) is 14.8 Å². The average molecular weight is 420 g/mol. The third-order valence-electron chi connectivity index (χ3n) is 5.11. The molecule has 30 heavy (non-hydrogen) atoms. The average Bonchev–Trinajstić information content (AvgIpc) is 2.71. The number of nitrogens with one attached hydrogen (secondary N) is 1. The van der Waals surface area contributed by atoms with Crippen LogP contribution in [0.3, 0.4) is 0 Å². The van der Waals surface area contributed by atoms with Gasteiger partial charge >= 0.3 is 5.97 Å². The Balaban J connectivity index is 2.45. The van der Waals surface area contributed by atoms with Gasteiger partial charge in [0.1, 0.15) is 17.2 Å². The van der Waals surface area contributed by atoms with Crippen molar-refractivity contribution >= 4 is 17.8 Å². The first-order chi connectivity index (χ1) is 14.2. The lowest BCUT2D eigenvalue weighted by Crippen LogP contribution is -2.50. The maximum Gasteiger partial charge on any atom is 0.328 e. The van der Waals surface area contributed by atoms with Crippen molar-refractivity contribution in [3.63, 3.8) is 0 Å². The van der Waals surface area contributed by atoms with Gasteiger partial charge in [0, 0.05) is 31.5 Å². The first-order valence-corrected chi connectivity index (χ1v) is 10.7. The van der Waals surface area contributed by atoms with Crippen LogP contribution in [0, 0.1) is 5.92 Å². The molecule has 2 heterocycles. The molecule has 0 saturated carbocycles. The van der Waals surface area contributed by atoms with E-state index in [1.54, 1.807) is 11.5 Å². The minimum Gasteiger partial charge on any atom is -0.464 e. The summed E-state index contributed by atoms with van der Waals surface area (Å²) in [7, 11) is 0. The van der Waals surface area contributed by atoms with Crippen LogP contribution >= 0.6 is 0 Å². The molecule has 1 aliphatic rings. The molecule has 2 rings (SSSR count). The summed E-state index contributed by atoms with van der Waals surface area (Å²) in [4.78, 5) is 52.8. The van der Waals surface area contributed by atoms with Gasteiger partial charge in [-0.2, -0.15) is 0 Å². The Morgan fingerprint density at radius 3 is 2.40 bits per heavy atom. The number of amides is 2. The minimum atomic E-state index is -0.712. The molecule has 0 bridgehead atoms. The number of pyridine rings is 1. The summed E-state index contributed by atoms with van der Waals surface area (Å²) >= 11 is 0. The fourth-order valence-corrected chi connectivity index (χ4v) is 3.41. The molecule has 0 aromatic carbocycles. The van der Waals surface area contributed by atoms with Crippen molar-refractivity contribution < 1.29 is 19.1 Å². The van der Waals surface area contributed by atoms with Gasteiger partial charge in [-0.15, -0.1) is 0 Å². The molecule has 166 valence electrons. The van der Waals surface area contributed by atoms with Gasteiger partial charge in [0.05, 0.1) is 6.61 Å². The van der Waals surface area contributed by atoms with Crippen LogP contribution in [0.15, 0.2) is 17.2 Å². The van der Waals surface area contributed by atoms with E-state index in [1.165, 1.54) is 17.3 Å². The SMILES string of the molecule is CCOC(=O)[C@@H]1CCCCN1C(=O)c1cn(C(C)C)cc(C(=O)NCC(C)C)c1=O. The Hall–Kier alpha value is -2.64. The fourth-order valence-electron chi connectivity index (χ4n) is 3.41. The maximum atomic E-state index is 13.3. The highest BCUT2D eigenvalue weighted by Gasteiger charge is 2.35. The molecule has 1 fully saturated rings. The zero-order chi connectivity index (χ0) is 22.4. The molecule has 1 aromatic rings. The van der Waals surface area contributed by atoms with E-state index in [2.05, 4.69) is 5.32 Å². The number of aromatic nitrogens is 1. The molecular weight excluding hydrogens is 386 g/mol. The molecule has 0 radical (unpaired) electrons. The number of rotatable bonds is 7. The lowest BCUT2D eigenvalue weighted by atomic mass is 10.0. The first-order valence-electron chi connectivity index (χ1n) is 10.7. The largest absolute Gasteiger partial charge is 0.464 e. The van der Waals surface area contributed by atoms with E-state index < -0.39 is 29.3 Å². The summed E-state index contributed by atoms with van der Waals surface area (Å²) in [5, 5.41) is 2.74. The highest BCUT2D eigenvalue weighted by molar-refractivity contribution is 6.00. The number of hydrogen-bond acceptors (Lipinski definition) is 5. The maximum absolute atomic E-state index is 13.3.